The van der Waals surface area contributed by atoms with Gasteiger partial charge in [0.05, 0.1) is 27.8 Å². The van der Waals surface area contributed by atoms with Crippen molar-refractivity contribution in [3.05, 3.63) is 53.6 Å². The maximum Gasteiger partial charge on any atom is 0.248 e. The number of halogens is 1. The third kappa shape index (κ3) is 7.11. The molecule has 1 amide bonds. The lowest BCUT2D eigenvalue weighted by molar-refractivity contribution is -0.879. The fourth-order valence-corrected chi connectivity index (χ4v) is 2.58. The fourth-order valence-electron chi connectivity index (χ4n) is 2.58. The molecular weight excluding hydrogens is 412 g/mol. The SMILES string of the molecule is COc1ccc(CC[NH+](C)CCOc2ccc(C(N)=O)cc2)cc1OC.[Br-]. The number of hydrogen-bond donors (Lipinski definition) is 2. The summed E-state index contributed by atoms with van der Waals surface area (Å²) in [5, 5.41) is 0. The molecule has 2 aromatic carbocycles. The van der Waals surface area contributed by atoms with E-state index in [-0.39, 0.29) is 17.0 Å². The highest BCUT2D eigenvalue weighted by atomic mass is 79.9. The van der Waals surface area contributed by atoms with Crippen LogP contribution in [0.25, 0.3) is 0 Å². The standard InChI is InChI=1S/C20H26N2O4.BrH/c1-22(11-10-15-4-9-18(24-2)19(14-15)25-3)12-13-26-17-7-5-16(6-8-17)20(21)23;/h4-9,14H,10-13H2,1-3H3,(H2,21,23);1H. The molecule has 0 saturated carbocycles. The first-order valence-corrected chi connectivity index (χ1v) is 8.58. The van der Waals surface area contributed by atoms with Gasteiger partial charge in [0.2, 0.25) is 5.91 Å². The molecule has 0 heterocycles. The van der Waals surface area contributed by atoms with E-state index in [0.717, 1.165) is 36.8 Å². The Kier molecular flexibility index (Phi) is 9.67. The predicted molar refractivity (Wildman–Crippen MR) is 100 cm³/mol. The molecule has 7 heteroatoms. The van der Waals surface area contributed by atoms with Crippen molar-refractivity contribution in [2.24, 2.45) is 5.73 Å². The summed E-state index contributed by atoms with van der Waals surface area (Å²) in [5.74, 6) is 1.80. The lowest BCUT2D eigenvalue weighted by atomic mass is 10.1. The first kappa shape index (κ1) is 22.8. The van der Waals surface area contributed by atoms with Gasteiger partial charge in [-0.1, -0.05) is 6.07 Å². The first-order valence-electron chi connectivity index (χ1n) is 8.58. The molecule has 2 aromatic rings. The Bertz CT molecular complexity index is 722. The van der Waals surface area contributed by atoms with Crippen LogP contribution < -0.4 is 41.8 Å². The zero-order chi connectivity index (χ0) is 18.9. The Balaban J connectivity index is 0.00000364. The first-order chi connectivity index (χ1) is 12.5. The van der Waals surface area contributed by atoms with Crippen molar-refractivity contribution in [2.45, 2.75) is 6.42 Å². The molecule has 6 nitrogen and oxygen atoms in total. The molecule has 0 fully saturated rings. The number of nitrogens with two attached hydrogens (primary N) is 1. The molecule has 3 N–H and O–H groups in total. The maximum absolute atomic E-state index is 11.0. The van der Waals surface area contributed by atoms with Gasteiger partial charge in [-0.15, -0.1) is 0 Å². The number of nitrogens with one attached hydrogen (secondary N) is 1. The topological polar surface area (TPSA) is 75.2 Å². The number of likely N-dealkylation sites (N-methyl/N-ethyl adjacent to an activating group) is 1. The Labute approximate surface area is 171 Å². The van der Waals surface area contributed by atoms with Gasteiger partial charge in [0.1, 0.15) is 18.9 Å². The molecule has 2 rings (SSSR count). The summed E-state index contributed by atoms with van der Waals surface area (Å²) >= 11 is 0. The van der Waals surface area contributed by atoms with Gasteiger partial charge in [-0.25, -0.2) is 0 Å². The summed E-state index contributed by atoms with van der Waals surface area (Å²) in [6, 6.07) is 12.9. The van der Waals surface area contributed by atoms with Crippen molar-refractivity contribution in [2.75, 3.05) is 41.0 Å². The van der Waals surface area contributed by atoms with E-state index in [4.69, 9.17) is 19.9 Å². The smallest absolute Gasteiger partial charge is 0.248 e. The molecule has 27 heavy (non-hydrogen) atoms. The van der Waals surface area contributed by atoms with Gasteiger partial charge in [-0.2, -0.15) is 0 Å². The number of carbonyl (C=O) groups excluding carboxylic acids is 1. The second-order valence-electron chi connectivity index (χ2n) is 6.13. The Morgan fingerprint density at radius 1 is 1.00 bits per heavy atom. The molecule has 0 radical (unpaired) electrons. The van der Waals surface area contributed by atoms with Crippen molar-refractivity contribution < 1.29 is 40.9 Å². The van der Waals surface area contributed by atoms with Gasteiger partial charge in [0.15, 0.2) is 11.5 Å². The van der Waals surface area contributed by atoms with Crippen LogP contribution in [0.1, 0.15) is 15.9 Å². The van der Waals surface area contributed by atoms with E-state index in [1.807, 2.05) is 12.1 Å². The minimum absolute atomic E-state index is 0. The summed E-state index contributed by atoms with van der Waals surface area (Å²) in [6.07, 6.45) is 0.944. The van der Waals surface area contributed by atoms with Crippen molar-refractivity contribution in [3.63, 3.8) is 0 Å². The van der Waals surface area contributed by atoms with Crippen LogP contribution in [0.15, 0.2) is 42.5 Å². The summed E-state index contributed by atoms with van der Waals surface area (Å²) in [5.41, 5.74) is 6.92. The molecule has 0 aromatic heterocycles. The van der Waals surface area contributed by atoms with Gasteiger partial charge < -0.3 is 41.8 Å². The molecule has 0 aliphatic rings. The van der Waals surface area contributed by atoms with Gasteiger partial charge >= 0.3 is 0 Å². The number of carbonyl (C=O) groups is 1. The van der Waals surface area contributed by atoms with Crippen LogP contribution >= 0.6 is 0 Å². The quantitative estimate of drug-likeness (QED) is 0.447. The van der Waals surface area contributed by atoms with Crippen molar-refractivity contribution in [3.8, 4) is 17.2 Å². The summed E-state index contributed by atoms with van der Waals surface area (Å²) in [7, 11) is 5.42. The number of primary amides is 1. The van der Waals surface area contributed by atoms with Crippen molar-refractivity contribution in [1.29, 1.82) is 0 Å². The Morgan fingerprint density at radius 3 is 2.26 bits per heavy atom. The van der Waals surface area contributed by atoms with E-state index in [9.17, 15) is 4.79 Å². The normalized spacial score (nSPS) is 11.2. The summed E-state index contributed by atoms with van der Waals surface area (Å²) in [6.45, 7) is 2.47. The number of hydrogen-bond acceptors (Lipinski definition) is 4. The minimum atomic E-state index is -0.434. The van der Waals surface area contributed by atoms with E-state index in [2.05, 4.69) is 13.1 Å². The van der Waals surface area contributed by atoms with Crippen LogP contribution in [0.5, 0.6) is 17.2 Å². The van der Waals surface area contributed by atoms with Crippen molar-refractivity contribution >= 4 is 5.91 Å². The lowest BCUT2D eigenvalue weighted by Gasteiger charge is -2.15. The van der Waals surface area contributed by atoms with Gasteiger partial charge in [-0.3, -0.25) is 4.79 Å². The van der Waals surface area contributed by atoms with Crippen molar-refractivity contribution in [1.82, 2.24) is 0 Å². The predicted octanol–water partition coefficient (Wildman–Crippen LogP) is -2.06. The third-order valence-corrected chi connectivity index (χ3v) is 4.22. The van der Waals surface area contributed by atoms with Crippen LogP contribution in [0, 0.1) is 0 Å². The number of rotatable bonds is 10. The second kappa shape index (κ2) is 11.5. The molecule has 0 spiro atoms. The van der Waals surface area contributed by atoms with Gasteiger partial charge in [-0.05, 0) is 42.0 Å². The van der Waals surface area contributed by atoms with Crippen LogP contribution in [-0.4, -0.2) is 46.9 Å². The van der Waals surface area contributed by atoms with E-state index >= 15 is 0 Å². The average molecular weight is 439 g/mol. The van der Waals surface area contributed by atoms with Crippen LogP contribution in [0.2, 0.25) is 0 Å². The molecule has 0 bridgehead atoms. The number of quaternary nitrogens is 1. The number of amides is 1. The number of methoxy groups -OCH3 is 2. The average Bonchev–Trinajstić information content (AvgIpc) is 2.66. The Hall–Kier alpha value is -2.25. The zero-order valence-electron chi connectivity index (χ0n) is 16.0. The molecule has 148 valence electrons. The molecular formula is C20H27BrN2O4. The van der Waals surface area contributed by atoms with E-state index in [1.165, 1.54) is 10.5 Å². The van der Waals surface area contributed by atoms with Crippen LogP contribution in [-0.2, 0) is 6.42 Å². The zero-order valence-corrected chi connectivity index (χ0v) is 17.5. The molecule has 1 unspecified atom stereocenters. The minimum Gasteiger partial charge on any atom is -1.00 e. The third-order valence-electron chi connectivity index (χ3n) is 4.22. The van der Waals surface area contributed by atoms with E-state index in [0.29, 0.717) is 12.2 Å². The van der Waals surface area contributed by atoms with Gasteiger partial charge in [0.25, 0.3) is 0 Å². The molecule has 0 aliphatic carbocycles. The largest absolute Gasteiger partial charge is 1.00 e. The monoisotopic (exact) mass is 438 g/mol. The highest BCUT2D eigenvalue weighted by molar-refractivity contribution is 5.92. The van der Waals surface area contributed by atoms with Gasteiger partial charge in [0, 0.05) is 12.0 Å². The number of benzene rings is 2. The second-order valence-corrected chi connectivity index (χ2v) is 6.13. The van der Waals surface area contributed by atoms with E-state index < -0.39 is 5.91 Å². The van der Waals surface area contributed by atoms with Crippen LogP contribution in [0.3, 0.4) is 0 Å². The van der Waals surface area contributed by atoms with E-state index in [1.54, 1.807) is 38.5 Å². The summed E-state index contributed by atoms with van der Waals surface area (Å²) < 4.78 is 16.3. The Morgan fingerprint density at radius 2 is 1.67 bits per heavy atom. The highest BCUT2D eigenvalue weighted by Gasteiger charge is 2.08. The fraction of sp³-hybridized carbons (Fsp3) is 0.350. The summed E-state index contributed by atoms with van der Waals surface area (Å²) in [4.78, 5) is 12.4. The number of ether oxygens (including phenoxy) is 3. The maximum atomic E-state index is 11.0. The lowest BCUT2D eigenvalue weighted by Crippen LogP contribution is -3.09. The molecule has 0 aliphatic heterocycles. The molecule has 1 atom stereocenters. The van der Waals surface area contributed by atoms with Crippen LogP contribution in [0.4, 0.5) is 0 Å². The highest BCUT2D eigenvalue weighted by Crippen LogP contribution is 2.27. The molecule has 0 saturated heterocycles.